The first-order valence-electron chi connectivity index (χ1n) is 10.8. The Morgan fingerprint density at radius 1 is 1.00 bits per heavy atom. The molecule has 174 valence electrons. The molecule has 0 aromatic heterocycles. The van der Waals surface area contributed by atoms with Crippen molar-refractivity contribution in [2.45, 2.75) is 62.1 Å². The molecule has 10 heteroatoms. The van der Waals surface area contributed by atoms with Crippen molar-refractivity contribution in [3.05, 3.63) is 29.8 Å². The third kappa shape index (κ3) is 7.47. The van der Waals surface area contributed by atoms with Crippen molar-refractivity contribution in [3.8, 4) is 0 Å². The molecule has 2 aliphatic rings. The molecule has 1 aliphatic carbocycles. The van der Waals surface area contributed by atoms with E-state index in [1.165, 1.54) is 56.4 Å². The van der Waals surface area contributed by atoms with E-state index in [1.807, 2.05) is 0 Å². The van der Waals surface area contributed by atoms with Gasteiger partial charge in [0.15, 0.2) is 0 Å². The number of sulfonamides is 1. The van der Waals surface area contributed by atoms with Crippen LogP contribution < -0.4 is 10.0 Å². The highest BCUT2D eigenvalue weighted by molar-refractivity contribution is 7.89. The molecule has 1 aliphatic heterocycles. The lowest BCUT2D eigenvalue weighted by atomic mass is 9.88. The number of halogens is 3. The summed E-state index contributed by atoms with van der Waals surface area (Å²) in [4.78, 5) is 14.2. The summed E-state index contributed by atoms with van der Waals surface area (Å²) in [5, 5.41) is 1.76. The molecule has 31 heavy (non-hydrogen) atoms. The molecular weight excluding hydrogens is 431 g/mol. The van der Waals surface area contributed by atoms with E-state index in [1.54, 1.807) is 5.32 Å². The average Bonchev–Trinajstić information content (AvgIpc) is 2.73. The van der Waals surface area contributed by atoms with Crippen molar-refractivity contribution in [2.24, 2.45) is 5.92 Å². The van der Waals surface area contributed by atoms with E-state index >= 15 is 0 Å². The fourth-order valence-electron chi connectivity index (χ4n) is 4.32. The minimum atomic E-state index is -4.51. The molecule has 2 N–H and O–H groups in total. The van der Waals surface area contributed by atoms with E-state index < -0.39 is 28.7 Å². The third-order valence-corrected chi connectivity index (χ3v) is 7.56. The average molecular weight is 462 g/mol. The predicted molar refractivity (Wildman–Crippen MR) is 111 cm³/mol. The summed E-state index contributed by atoms with van der Waals surface area (Å²) in [6.07, 6.45) is 3.50. The SMILES string of the molecule is O=C(NCC(F)(F)F)c1ccc(S(=O)(=O)NC2CCN(CC3CCCCC3)CC2)cc1. The van der Waals surface area contributed by atoms with Gasteiger partial charge in [-0.25, -0.2) is 13.1 Å². The normalized spacial score (nSPS) is 20.0. The molecule has 1 saturated carbocycles. The molecule has 2 fully saturated rings. The lowest BCUT2D eigenvalue weighted by Crippen LogP contribution is -2.45. The van der Waals surface area contributed by atoms with Gasteiger partial charge in [-0.1, -0.05) is 19.3 Å². The highest BCUT2D eigenvalue weighted by atomic mass is 32.2. The van der Waals surface area contributed by atoms with Gasteiger partial charge in [-0.05, 0) is 69.0 Å². The van der Waals surface area contributed by atoms with Gasteiger partial charge in [-0.15, -0.1) is 0 Å². The van der Waals surface area contributed by atoms with Crippen LogP contribution >= 0.6 is 0 Å². The van der Waals surface area contributed by atoms with E-state index in [0.29, 0.717) is 0 Å². The lowest BCUT2D eigenvalue weighted by molar-refractivity contribution is -0.123. The molecular formula is C21H30F3N3O3S. The largest absolute Gasteiger partial charge is 0.405 e. The van der Waals surface area contributed by atoms with Crippen LogP contribution in [0.2, 0.25) is 0 Å². The number of alkyl halides is 3. The summed E-state index contributed by atoms with van der Waals surface area (Å²) >= 11 is 0. The van der Waals surface area contributed by atoms with Gasteiger partial charge < -0.3 is 10.2 Å². The second-order valence-corrected chi connectivity index (χ2v) is 10.2. The summed E-state index contributed by atoms with van der Waals surface area (Å²) in [6, 6.07) is 4.76. The number of hydrogen-bond acceptors (Lipinski definition) is 4. The monoisotopic (exact) mass is 461 g/mol. The molecule has 0 radical (unpaired) electrons. The van der Waals surface area contributed by atoms with Gasteiger partial charge in [-0.3, -0.25) is 4.79 Å². The van der Waals surface area contributed by atoms with Crippen LogP contribution in [0.15, 0.2) is 29.2 Å². The summed E-state index contributed by atoms with van der Waals surface area (Å²) < 4.78 is 64.7. The van der Waals surface area contributed by atoms with Gasteiger partial charge in [0.05, 0.1) is 4.90 Å². The minimum Gasteiger partial charge on any atom is -0.343 e. The number of benzene rings is 1. The Hall–Kier alpha value is -1.65. The van der Waals surface area contributed by atoms with Gasteiger partial charge >= 0.3 is 6.18 Å². The number of carbonyl (C=O) groups excluding carboxylic acids is 1. The number of amides is 1. The molecule has 1 saturated heterocycles. The van der Waals surface area contributed by atoms with Crippen LogP contribution in [0.3, 0.4) is 0 Å². The number of nitrogens with zero attached hydrogens (tertiary/aromatic N) is 1. The summed E-state index contributed by atoms with van der Waals surface area (Å²) in [6.45, 7) is 1.38. The maximum atomic E-state index is 12.7. The first kappa shape index (κ1) is 24.0. The first-order chi connectivity index (χ1) is 14.6. The molecule has 0 bridgehead atoms. The molecule has 1 aromatic carbocycles. The number of rotatable bonds is 7. The van der Waals surface area contributed by atoms with Crippen LogP contribution in [0.25, 0.3) is 0 Å². The van der Waals surface area contributed by atoms with E-state index in [2.05, 4.69) is 9.62 Å². The van der Waals surface area contributed by atoms with Crippen molar-refractivity contribution >= 4 is 15.9 Å². The van der Waals surface area contributed by atoms with E-state index in [-0.39, 0.29) is 16.5 Å². The Labute approximate surface area is 181 Å². The van der Waals surface area contributed by atoms with Crippen molar-refractivity contribution < 1.29 is 26.4 Å². The van der Waals surface area contributed by atoms with Crippen LogP contribution in [-0.4, -0.2) is 57.6 Å². The second-order valence-electron chi connectivity index (χ2n) is 8.52. The molecule has 6 nitrogen and oxygen atoms in total. The number of piperidine rings is 1. The zero-order valence-corrected chi connectivity index (χ0v) is 18.3. The molecule has 1 heterocycles. The molecule has 0 atom stereocenters. The predicted octanol–water partition coefficient (Wildman–Crippen LogP) is 3.30. The number of nitrogens with one attached hydrogen (secondary N) is 2. The molecule has 1 aromatic rings. The van der Waals surface area contributed by atoms with Gasteiger partial charge in [0.2, 0.25) is 10.0 Å². The van der Waals surface area contributed by atoms with Crippen LogP contribution in [0.5, 0.6) is 0 Å². The Morgan fingerprint density at radius 3 is 2.19 bits per heavy atom. The van der Waals surface area contributed by atoms with E-state index in [0.717, 1.165) is 38.4 Å². The van der Waals surface area contributed by atoms with Gasteiger partial charge in [0.1, 0.15) is 6.54 Å². The minimum absolute atomic E-state index is 0.00972. The van der Waals surface area contributed by atoms with Crippen molar-refractivity contribution in [1.82, 2.24) is 14.9 Å². The summed E-state index contributed by atoms with van der Waals surface area (Å²) in [7, 11) is -3.76. The smallest absolute Gasteiger partial charge is 0.343 e. The third-order valence-electron chi connectivity index (χ3n) is 6.03. The fourth-order valence-corrected chi connectivity index (χ4v) is 5.63. The Morgan fingerprint density at radius 2 is 1.61 bits per heavy atom. The topological polar surface area (TPSA) is 78.5 Å². The van der Waals surface area contributed by atoms with Crippen molar-refractivity contribution in [1.29, 1.82) is 0 Å². The van der Waals surface area contributed by atoms with E-state index in [4.69, 9.17) is 0 Å². The van der Waals surface area contributed by atoms with Gasteiger partial charge in [0.25, 0.3) is 5.91 Å². The van der Waals surface area contributed by atoms with Crippen molar-refractivity contribution in [3.63, 3.8) is 0 Å². The zero-order chi connectivity index (χ0) is 22.5. The highest BCUT2D eigenvalue weighted by Gasteiger charge is 2.29. The van der Waals surface area contributed by atoms with Gasteiger partial charge in [-0.2, -0.15) is 13.2 Å². The Bertz CT molecular complexity index is 830. The summed E-state index contributed by atoms with van der Waals surface area (Å²) in [5.74, 6) is -0.145. The quantitative estimate of drug-likeness (QED) is 0.653. The van der Waals surface area contributed by atoms with Gasteiger partial charge in [0, 0.05) is 18.2 Å². The second kappa shape index (κ2) is 10.3. The Balaban J connectivity index is 1.48. The fraction of sp³-hybridized carbons (Fsp3) is 0.667. The first-order valence-corrected chi connectivity index (χ1v) is 12.3. The molecule has 3 rings (SSSR count). The van der Waals surface area contributed by atoms with E-state index in [9.17, 15) is 26.4 Å². The maximum absolute atomic E-state index is 12.7. The lowest BCUT2D eigenvalue weighted by Gasteiger charge is -2.35. The molecule has 0 unspecified atom stereocenters. The Kier molecular flexibility index (Phi) is 7.98. The summed E-state index contributed by atoms with van der Waals surface area (Å²) in [5.41, 5.74) is -0.0285. The van der Waals surface area contributed by atoms with Crippen LogP contribution in [0, 0.1) is 5.92 Å². The maximum Gasteiger partial charge on any atom is 0.405 e. The number of likely N-dealkylation sites (tertiary alicyclic amines) is 1. The zero-order valence-electron chi connectivity index (χ0n) is 17.5. The molecule has 0 spiro atoms. The van der Waals surface area contributed by atoms with Crippen LogP contribution in [0.1, 0.15) is 55.3 Å². The highest BCUT2D eigenvalue weighted by Crippen LogP contribution is 2.26. The van der Waals surface area contributed by atoms with Crippen molar-refractivity contribution in [2.75, 3.05) is 26.2 Å². The number of hydrogen-bond donors (Lipinski definition) is 2. The standard InChI is InChI=1S/C21H30F3N3O3S/c22-21(23,24)15-25-20(28)17-6-8-19(9-7-17)31(29,30)26-18-10-12-27(13-11-18)14-16-4-2-1-3-5-16/h6-9,16,18,26H,1-5,10-15H2,(H,25,28). The number of carbonyl (C=O) groups is 1. The van der Waals surface area contributed by atoms with Crippen LogP contribution in [0.4, 0.5) is 13.2 Å². The van der Waals surface area contributed by atoms with Crippen LogP contribution in [-0.2, 0) is 10.0 Å². The molecule has 1 amide bonds.